The first-order chi connectivity index (χ1) is 47.6. The number of aromatic amines is 1. The van der Waals surface area contributed by atoms with Crippen molar-refractivity contribution in [1.29, 1.82) is 0 Å². The number of aliphatic hydroxyl groups is 3. The van der Waals surface area contributed by atoms with Gasteiger partial charge in [-0.1, -0.05) is 119 Å². The van der Waals surface area contributed by atoms with Crippen molar-refractivity contribution in [3.63, 3.8) is 0 Å². The van der Waals surface area contributed by atoms with Crippen LogP contribution in [0.3, 0.4) is 0 Å². The third kappa shape index (κ3) is 13.0. The van der Waals surface area contributed by atoms with Crippen LogP contribution in [0.5, 0.6) is 0 Å². The lowest BCUT2D eigenvalue weighted by Gasteiger charge is -2.61. The van der Waals surface area contributed by atoms with Crippen LogP contribution in [-0.4, -0.2) is 84.6 Å². The molecule has 550 valence electrons. The smallest absolute Gasteiger partial charge is 0.157 e. The summed E-state index contributed by atoms with van der Waals surface area (Å²) in [4.78, 5) is 39.8. The van der Waals surface area contributed by atoms with Crippen molar-refractivity contribution in [2.75, 3.05) is 5.33 Å². The number of ketones is 3. The average molecular weight is 1440 g/mol. The van der Waals surface area contributed by atoms with Crippen molar-refractivity contribution in [1.82, 2.24) is 29.8 Å². The van der Waals surface area contributed by atoms with Crippen LogP contribution in [0.2, 0.25) is 0 Å². The Labute approximate surface area is 612 Å². The van der Waals surface area contributed by atoms with Gasteiger partial charge in [-0.05, 0) is 316 Å². The number of benzene rings is 3. The van der Waals surface area contributed by atoms with Gasteiger partial charge in [-0.3, -0.25) is 28.8 Å². The van der Waals surface area contributed by atoms with Gasteiger partial charge in [0.05, 0.1) is 57.6 Å². The SMILES string of the molecule is C.C[C@@]1(O)CC[C@@]2(C)[C@H](CC[C@@H]3[C@@H]2CC[C@]2(C)[C@@H](C(=O)CBr)CC[C@@H]32)C1.C[C@@]1(O)CC[C@@]2(C)[C@H](CC[C@@H]3[C@@H]2CC[C@]2(C)[C@@H](C(=O)Cn4cc5ccccc5n4)CC[C@@H]32)C1.C[C@@]1(O)CC[C@@]2(C)[C@H](CC[C@@H]3[C@@H]2CC[C@]2(C)[C@@H](C(=O)Cn4ncc5ccccc54)CC[C@@H]32)C1.c1ccc2[nH]ncc2c1. The minimum Gasteiger partial charge on any atom is -0.390 e. The van der Waals surface area contributed by atoms with Crippen molar-refractivity contribution in [3.05, 3.63) is 91.4 Å². The number of hydrogen-bond acceptors (Lipinski definition) is 9. The Kier molecular flexibility index (Phi) is 19.9. The van der Waals surface area contributed by atoms with Crippen LogP contribution in [0.4, 0.5) is 0 Å². The summed E-state index contributed by atoms with van der Waals surface area (Å²) < 4.78 is 3.79. The van der Waals surface area contributed by atoms with Gasteiger partial charge in [-0.15, -0.1) is 0 Å². The molecule has 0 amide bonds. The number of aromatic nitrogens is 6. The molecule has 12 aliphatic carbocycles. The zero-order valence-corrected chi connectivity index (χ0v) is 63.8. The highest BCUT2D eigenvalue weighted by Crippen LogP contribution is 2.72. The Morgan fingerprint density at radius 2 is 0.851 bits per heavy atom. The van der Waals surface area contributed by atoms with E-state index < -0.39 is 16.8 Å². The Bertz CT molecular complexity index is 3910. The highest BCUT2D eigenvalue weighted by atomic mass is 79.9. The van der Waals surface area contributed by atoms with E-state index in [9.17, 15) is 29.7 Å². The number of Topliss-reactive ketones (excluding diaryl/α,β-unsaturated/α-hetero) is 3. The summed E-state index contributed by atoms with van der Waals surface area (Å²) in [6.07, 6.45) is 37.2. The number of rotatable bonds is 8. The molecule has 6 aromatic rings. The van der Waals surface area contributed by atoms with Gasteiger partial charge in [0.2, 0.25) is 0 Å². The minimum absolute atomic E-state index is 0. The predicted octanol–water partition coefficient (Wildman–Crippen LogP) is 19.6. The van der Waals surface area contributed by atoms with Crippen LogP contribution >= 0.6 is 15.9 Å². The number of nitrogens with zero attached hydrogens (tertiary/aromatic N) is 5. The summed E-state index contributed by atoms with van der Waals surface area (Å²) in [5.41, 5.74) is 3.46. The van der Waals surface area contributed by atoms with Gasteiger partial charge in [0.1, 0.15) is 12.3 Å². The second-order valence-corrected chi connectivity index (χ2v) is 38.9. The van der Waals surface area contributed by atoms with Crippen LogP contribution in [0.1, 0.15) is 243 Å². The maximum Gasteiger partial charge on any atom is 0.157 e. The van der Waals surface area contributed by atoms with E-state index in [1.807, 2.05) is 103 Å². The molecule has 12 nitrogen and oxygen atoms in total. The molecule has 101 heavy (non-hydrogen) atoms. The molecule has 3 aromatic carbocycles. The van der Waals surface area contributed by atoms with Gasteiger partial charge in [-0.25, -0.2) is 0 Å². The van der Waals surface area contributed by atoms with Gasteiger partial charge in [-0.2, -0.15) is 15.3 Å². The van der Waals surface area contributed by atoms with Crippen LogP contribution in [-0.2, 0) is 27.5 Å². The van der Waals surface area contributed by atoms with E-state index in [-0.39, 0.29) is 41.4 Å². The number of fused-ring (bicyclic) bond motifs is 18. The fraction of sp³-hybridized carbons (Fsp3) is 0.727. The molecule has 0 radical (unpaired) electrons. The number of para-hydroxylation sites is 2. The minimum atomic E-state index is -0.470. The maximum atomic E-state index is 13.7. The van der Waals surface area contributed by atoms with Gasteiger partial charge >= 0.3 is 0 Å². The largest absolute Gasteiger partial charge is 0.390 e. The molecule has 0 spiro atoms. The van der Waals surface area contributed by atoms with E-state index in [1.54, 1.807) is 0 Å². The highest BCUT2D eigenvalue weighted by Gasteiger charge is 2.65. The molecule has 4 N–H and O–H groups in total. The van der Waals surface area contributed by atoms with Crippen molar-refractivity contribution < 1.29 is 29.7 Å². The number of hydrogen-bond donors (Lipinski definition) is 4. The molecule has 12 saturated carbocycles. The molecule has 0 saturated heterocycles. The monoisotopic (exact) mass is 1440 g/mol. The van der Waals surface area contributed by atoms with Crippen LogP contribution < -0.4 is 0 Å². The number of nitrogens with one attached hydrogen (secondary N) is 1. The molecule has 3 heterocycles. The molecule has 18 rings (SSSR count). The van der Waals surface area contributed by atoms with Crippen molar-refractivity contribution in [3.8, 4) is 0 Å². The Hall–Kier alpha value is -4.56. The van der Waals surface area contributed by atoms with E-state index >= 15 is 0 Å². The molecular weight excluding hydrogens is 1320 g/mol. The molecule has 24 atom stereocenters. The Balaban J connectivity index is 0.000000121. The standard InChI is InChI=1S/2C29H40N2O2.C22H35BrO2.C7H6N2.CH4/c1-27(33)14-15-28(2)20(16-27)8-9-21-22-10-11-24(29(22,3)13-12-23(21)28)26(32)18-31-17-19-6-4-5-7-25(19)30-31;1-27(33)14-15-28(2)20(16-27)8-9-21-22-10-11-24(29(22,3)13-12-23(21)28)26(32)18-31-25-7-5-4-6-19(25)17-30-31;1-20(25)10-11-21(2)14(12-20)4-5-15-16-6-7-18(19(24)13-23)22(16,3)9-8-17(15)21;1-2-4-7-6(3-1)5-8-9-7;/h2*4-7,17,20-24,33H,8-16,18H2,1-3H3;14-18,25H,4-13H2,1-3H3;1-5H,(H,8,9);1H4/t2*20-,21+,22+,23+,24-,27-,28+,29+;14-,15+,16+,17+,18-,20-,21+,22+;;/m111../s1. The average Bonchev–Trinajstić information content (AvgIpc) is 1.69. The number of halogens is 1. The van der Waals surface area contributed by atoms with Crippen molar-refractivity contribution in [2.45, 2.75) is 273 Å². The van der Waals surface area contributed by atoms with Crippen molar-refractivity contribution in [2.24, 2.45) is 121 Å². The van der Waals surface area contributed by atoms with E-state index in [0.29, 0.717) is 81.6 Å². The number of carbonyl (C=O) groups is 3. The quantitative estimate of drug-likeness (QED) is 0.108. The second-order valence-electron chi connectivity index (χ2n) is 38.3. The fourth-order valence-electron chi connectivity index (χ4n) is 27.6. The lowest BCUT2D eigenvalue weighted by Crippen LogP contribution is -2.55. The molecule has 12 aliphatic rings. The zero-order valence-electron chi connectivity index (χ0n) is 62.2. The fourth-order valence-corrected chi connectivity index (χ4v) is 28.0. The topological polar surface area (TPSA) is 176 Å². The van der Waals surface area contributed by atoms with Gasteiger partial charge in [0, 0.05) is 40.1 Å². The molecule has 0 unspecified atom stereocenters. The first-order valence-electron chi connectivity index (χ1n) is 40.1. The summed E-state index contributed by atoms with van der Waals surface area (Å²) >= 11 is 3.43. The summed E-state index contributed by atoms with van der Waals surface area (Å²) in [5.74, 6) is 10.7. The van der Waals surface area contributed by atoms with Gasteiger partial charge in [0.15, 0.2) is 11.6 Å². The van der Waals surface area contributed by atoms with Gasteiger partial charge < -0.3 is 15.3 Å². The zero-order chi connectivity index (χ0) is 70.2. The third-order valence-electron chi connectivity index (χ3n) is 33.1. The first-order valence-corrected chi connectivity index (χ1v) is 41.2. The van der Waals surface area contributed by atoms with E-state index in [4.69, 9.17) is 0 Å². The summed E-state index contributed by atoms with van der Waals surface area (Å²) in [6, 6.07) is 24.3. The molecular formula is C88H125BrN6O6. The normalized spacial score (nSPS) is 43.8. The molecule has 13 heteroatoms. The lowest BCUT2D eigenvalue weighted by atomic mass is 9.44. The molecule has 0 bridgehead atoms. The molecule has 3 aromatic heterocycles. The highest BCUT2D eigenvalue weighted by molar-refractivity contribution is 9.09. The summed E-state index contributed by atoms with van der Waals surface area (Å²) in [7, 11) is 0. The number of carbonyl (C=O) groups excluding carboxylic acids is 3. The number of alkyl halides is 1. The summed E-state index contributed by atoms with van der Waals surface area (Å²) in [5, 5.41) is 51.9. The third-order valence-corrected chi connectivity index (χ3v) is 33.7. The maximum absolute atomic E-state index is 13.7. The lowest BCUT2D eigenvalue weighted by molar-refractivity contribution is -0.151. The van der Waals surface area contributed by atoms with Crippen LogP contribution in [0, 0.1) is 121 Å². The van der Waals surface area contributed by atoms with E-state index in [2.05, 4.69) is 96.1 Å². The van der Waals surface area contributed by atoms with Crippen molar-refractivity contribution >= 4 is 66.0 Å². The van der Waals surface area contributed by atoms with Gasteiger partial charge in [0.25, 0.3) is 0 Å². The molecule has 12 fully saturated rings. The van der Waals surface area contributed by atoms with E-state index in [0.717, 1.165) is 132 Å². The summed E-state index contributed by atoms with van der Waals surface area (Å²) in [6.45, 7) is 21.9. The Morgan fingerprint density at radius 3 is 1.31 bits per heavy atom. The predicted molar refractivity (Wildman–Crippen MR) is 409 cm³/mol. The molecule has 0 aliphatic heterocycles. The Morgan fingerprint density at radius 1 is 0.446 bits per heavy atom. The first kappa shape index (κ1) is 73.3. The van der Waals surface area contributed by atoms with E-state index in [1.165, 1.54) is 116 Å². The second kappa shape index (κ2) is 27.3. The number of H-pyrrole nitrogens is 1. The van der Waals surface area contributed by atoms with Crippen LogP contribution in [0.15, 0.2) is 91.4 Å². The van der Waals surface area contributed by atoms with Crippen LogP contribution in [0.25, 0.3) is 32.7 Å².